The van der Waals surface area contributed by atoms with Gasteiger partial charge in [0.05, 0.1) is 11.3 Å². The summed E-state index contributed by atoms with van der Waals surface area (Å²) in [4.78, 5) is 6.55. The first-order chi connectivity index (χ1) is 8.26. The van der Waals surface area contributed by atoms with Gasteiger partial charge in [0.2, 0.25) is 0 Å². The van der Waals surface area contributed by atoms with E-state index >= 15 is 0 Å². The number of nitrogens with zero attached hydrogens (tertiary/aromatic N) is 3. The minimum atomic E-state index is 0.520. The molecular formula is C13H18N4. The molecule has 1 aliphatic heterocycles. The lowest BCUT2D eigenvalue weighted by Gasteiger charge is -2.33. The zero-order valence-corrected chi connectivity index (χ0v) is 10.2. The predicted octanol–water partition coefficient (Wildman–Crippen LogP) is 2.16. The Hall–Kier alpha value is -1.76. The number of nitrogens with two attached hydrogens (primary N) is 1. The molecule has 1 aromatic heterocycles. The van der Waals surface area contributed by atoms with E-state index in [-0.39, 0.29) is 0 Å². The fraction of sp³-hybridized carbons (Fsp3) is 0.538. The average molecular weight is 230 g/mol. The zero-order valence-electron chi connectivity index (χ0n) is 10.2. The van der Waals surface area contributed by atoms with Crippen LogP contribution in [0.5, 0.6) is 0 Å². The third-order valence-corrected chi connectivity index (χ3v) is 3.49. The number of hydrogen-bond acceptors (Lipinski definition) is 4. The SMILES string of the molecule is CCC1CCCN(c2nccc(C#N)c2N)C1. The molecule has 1 saturated heterocycles. The molecule has 0 bridgehead atoms. The molecule has 0 saturated carbocycles. The molecule has 1 aromatic rings. The fourth-order valence-corrected chi connectivity index (χ4v) is 2.40. The zero-order chi connectivity index (χ0) is 12.3. The number of piperidine rings is 1. The van der Waals surface area contributed by atoms with Crippen molar-refractivity contribution >= 4 is 11.5 Å². The van der Waals surface area contributed by atoms with Crippen LogP contribution in [-0.2, 0) is 0 Å². The first-order valence-corrected chi connectivity index (χ1v) is 6.15. The second-order valence-electron chi connectivity index (χ2n) is 4.57. The number of anilines is 2. The third kappa shape index (κ3) is 2.33. The maximum Gasteiger partial charge on any atom is 0.153 e. The van der Waals surface area contributed by atoms with E-state index in [2.05, 4.69) is 22.9 Å². The van der Waals surface area contributed by atoms with Crippen LogP contribution >= 0.6 is 0 Å². The van der Waals surface area contributed by atoms with Crippen molar-refractivity contribution in [1.29, 1.82) is 5.26 Å². The quantitative estimate of drug-likeness (QED) is 0.845. The summed E-state index contributed by atoms with van der Waals surface area (Å²) in [6, 6.07) is 3.78. The van der Waals surface area contributed by atoms with Gasteiger partial charge in [-0.2, -0.15) is 5.26 Å². The second kappa shape index (κ2) is 5.05. The Labute approximate surface area is 102 Å². The molecular weight excluding hydrogens is 212 g/mol. The lowest BCUT2D eigenvalue weighted by Crippen LogP contribution is -2.36. The van der Waals surface area contributed by atoms with Crippen molar-refractivity contribution in [2.45, 2.75) is 26.2 Å². The monoisotopic (exact) mass is 230 g/mol. The van der Waals surface area contributed by atoms with Gasteiger partial charge in [-0.3, -0.25) is 0 Å². The summed E-state index contributed by atoms with van der Waals surface area (Å²) in [7, 11) is 0. The Kier molecular flexibility index (Phi) is 3.48. The molecule has 4 heteroatoms. The molecule has 4 nitrogen and oxygen atoms in total. The van der Waals surface area contributed by atoms with Gasteiger partial charge in [0, 0.05) is 19.3 Å². The summed E-state index contributed by atoms with van der Waals surface area (Å²) >= 11 is 0. The van der Waals surface area contributed by atoms with E-state index in [4.69, 9.17) is 11.0 Å². The molecule has 17 heavy (non-hydrogen) atoms. The lowest BCUT2D eigenvalue weighted by atomic mass is 9.95. The molecule has 2 N–H and O–H groups in total. The van der Waals surface area contributed by atoms with Crippen molar-refractivity contribution in [3.05, 3.63) is 17.8 Å². The van der Waals surface area contributed by atoms with E-state index in [9.17, 15) is 0 Å². The summed E-state index contributed by atoms with van der Waals surface area (Å²) in [6.07, 6.45) is 5.31. The molecule has 90 valence electrons. The molecule has 1 atom stereocenters. The van der Waals surface area contributed by atoms with Gasteiger partial charge in [0.15, 0.2) is 5.82 Å². The Balaban J connectivity index is 2.25. The van der Waals surface area contributed by atoms with Crippen molar-refractivity contribution in [2.75, 3.05) is 23.7 Å². The van der Waals surface area contributed by atoms with Crippen LogP contribution in [-0.4, -0.2) is 18.1 Å². The van der Waals surface area contributed by atoms with Gasteiger partial charge in [-0.1, -0.05) is 13.3 Å². The molecule has 1 unspecified atom stereocenters. The van der Waals surface area contributed by atoms with E-state index in [0.717, 1.165) is 24.8 Å². The minimum Gasteiger partial charge on any atom is -0.395 e. The van der Waals surface area contributed by atoms with Crippen LogP contribution < -0.4 is 10.6 Å². The van der Waals surface area contributed by atoms with Crippen molar-refractivity contribution in [1.82, 2.24) is 4.98 Å². The van der Waals surface area contributed by atoms with Gasteiger partial charge in [0.1, 0.15) is 6.07 Å². The van der Waals surface area contributed by atoms with Gasteiger partial charge in [-0.05, 0) is 24.8 Å². The molecule has 2 heterocycles. The lowest BCUT2D eigenvalue weighted by molar-refractivity contribution is 0.403. The first kappa shape index (κ1) is 11.7. The minimum absolute atomic E-state index is 0.520. The average Bonchev–Trinajstić information content (AvgIpc) is 2.39. The highest BCUT2D eigenvalue weighted by molar-refractivity contribution is 5.70. The highest BCUT2D eigenvalue weighted by Gasteiger charge is 2.21. The number of aromatic nitrogens is 1. The van der Waals surface area contributed by atoms with Crippen LogP contribution in [0.3, 0.4) is 0 Å². The summed E-state index contributed by atoms with van der Waals surface area (Å²) < 4.78 is 0. The van der Waals surface area contributed by atoms with Gasteiger partial charge in [0.25, 0.3) is 0 Å². The largest absolute Gasteiger partial charge is 0.395 e. The maximum atomic E-state index is 8.96. The smallest absolute Gasteiger partial charge is 0.153 e. The Morgan fingerprint density at radius 1 is 1.65 bits per heavy atom. The molecule has 0 amide bonds. The Morgan fingerprint density at radius 2 is 2.47 bits per heavy atom. The van der Waals surface area contributed by atoms with Crippen LogP contribution in [0.25, 0.3) is 0 Å². The number of pyridine rings is 1. The summed E-state index contributed by atoms with van der Waals surface area (Å²) in [5, 5.41) is 8.96. The van der Waals surface area contributed by atoms with E-state index in [1.807, 2.05) is 0 Å². The number of nitrogen functional groups attached to an aromatic ring is 1. The number of rotatable bonds is 2. The molecule has 2 rings (SSSR count). The highest BCUT2D eigenvalue weighted by atomic mass is 15.2. The van der Waals surface area contributed by atoms with Gasteiger partial charge in [-0.15, -0.1) is 0 Å². The predicted molar refractivity (Wildman–Crippen MR) is 68.6 cm³/mol. The van der Waals surface area contributed by atoms with Crippen molar-refractivity contribution in [3.8, 4) is 6.07 Å². The van der Waals surface area contributed by atoms with Crippen LogP contribution in [0, 0.1) is 17.2 Å². The van der Waals surface area contributed by atoms with E-state index in [0.29, 0.717) is 11.3 Å². The molecule has 1 aliphatic rings. The number of nitriles is 1. The molecule has 1 fully saturated rings. The molecule has 0 spiro atoms. The topological polar surface area (TPSA) is 65.9 Å². The van der Waals surface area contributed by atoms with E-state index in [1.165, 1.54) is 19.3 Å². The van der Waals surface area contributed by atoms with Gasteiger partial charge < -0.3 is 10.6 Å². The summed E-state index contributed by atoms with van der Waals surface area (Å²) in [6.45, 7) is 4.21. The summed E-state index contributed by atoms with van der Waals surface area (Å²) in [5.74, 6) is 1.50. The molecule has 0 aromatic carbocycles. The van der Waals surface area contributed by atoms with Gasteiger partial charge in [-0.25, -0.2) is 4.98 Å². The highest BCUT2D eigenvalue weighted by Crippen LogP contribution is 2.28. The fourth-order valence-electron chi connectivity index (χ4n) is 2.40. The second-order valence-corrected chi connectivity index (χ2v) is 4.57. The Morgan fingerprint density at radius 3 is 3.18 bits per heavy atom. The molecule has 0 radical (unpaired) electrons. The van der Waals surface area contributed by atoms with Crippen LogP contribution in [0.15, 0.2) is 12.3 Å². The number of hydrogen-bond donors (Lipinski definition) is 1. The normalized spacial score (nSPS) is 20.0. The third-order valence-electron chi connectivity index (χ3n) is 3.49. The van der Waals surface area contributed by atoms with Gasteiger partial charge >= 0.3 is 0 Å². The van der Waals surface area contributed by atoms with Crippen molar-refractivity contribution in [2.24, 2.45) is 5.92 Å². The summed E-state index contributed by atoms with van der Waals surface area (Å²) in [5.41, 5.74) is 7.03. The standard InChI is InChI=1S/C13H18N4/c1-2-10-4-3-7-17(9-10)13-12(15)11(8-14)5-6-16-13/h5-6,10H,2-4,7,9,15H2,1H3. The van der Waals surface area contributed by atoms with E-state index < -0.39 is 0 Å². The maximum absolute atomic E-state index is 8.96. The Bertz CT molecular complexity index is 436. The van der Waals surface area contributed by atoms with Crippen molar-refractivity contribution < 1.29 is 0 Å². The first-order valence-electron chi connectivity index (χ1n) is 6.15. The van der Waals surface area contributed by atoms with Crippen molar-refractivity contribution in [3.63, 3.8) is 0 Å². The van der Waals surface area contributed by atoms with Crippen LogP contribution in [0.1, 0.15) is 31.7 Å². The van der Waals surface area contributed by atoms with Crippen LogP contribution in [0.4, 0.5) is 11.5 Å². The molecule has 0 aliphatic carbocycles. The van der Waals surface area contributed by atoms with E-state index in [1.54, 1.807) is 12.3 Å². The van der Waals surface area contributed by atoms with Crippen LogP contribution in [0.2, 0.25) is 0 Å².